The number of amides is 3. The maximum Gasteiger partial charge on any atom is 0.272 e. The molecule has 3 amide bonds. The molecule has 0 saturated heterocycles. The van der Waals surface area contributed by atoms with Crippen molar-refractivity contribution in [2.45, 2.75) is 33.3 Å². The first-order valence-electron chi connectivity index (χ1n) is 15.1. The molecule has 1 atom stereocenters. The molecule has 1 heterocycles. The summed E-state index contributed by atoms with van der Waals surface area (Å²) in [4.78, 5) is 45.4. The fourth-order valence-electron chi connectivity index (χ4n) is 5.10. The summed E-state index contributed by atoms with van der Waals surface area (Å²) in [6, 6.07) is 36.8. The number of nitrogens with zero attached hydrogens (tertiary/aromatic N) is 1. The number of hydrogen-bond acceptors (Lipinski definition) is 5. The van der Waals surface area contributed by atoms with Crippen molar-refractivity contribution in [2.24, 2.45) is 0 Å². The lowest BCUT2D eigenvalue weighted by molar-refractivity contribution is -0.117. The van der Waals surface area contributed by atoms with Gasteiger partial charge < -0.3 is 10.6 Å². The molecule has 5 aromatic carbocycles. The van der Waals surface area contributed by atoms with Crippen LogP contribution in [0.2, 0.25) is 10.0 Å². The quantitative estimate of drug-likeness (QED) is 0.118. The zero-order valence-electron chi connectivity index (χ0n) is 25.7. The summed E-state index contributed by atoms with van der Waals surface area (Å²) < 4.78 is 0. The normalized spacial score (nSPS) is 12.8. The average molecular weight is 711 g/mol. The first kappa shape index (κ1) is 33.4. The zero-order valence-corrected chi connectivity index (χ0v) is 28.8. The number of fused-ring (bicyclic) bond motifs is 2. The molecule has 48 heavy (non-hydrogen) atoms. The van der Waals surface area contributed by atoms with Gasteiger partial charge in [-0.05, 0) is 84.8 Å². The number of nitrogens with one attached hydrogen (secondary N) is 2. The molecular formula is C38H29Cl2N3O3S2. The van der Waals surface area contributed by atoms with E-state index in [2.05, 4.69) is 10.6 Å². The fraction of sp³-hybridized carbons (Fsp3) is 0.0789. The summed E-state index contributed by atoms with van der Waals surface area (Å²) in [6.07, 6.45) is 2.11. The molecule has 0 spiro atoms. The standard InChI is InChI=1S/C38H29Cl2N3O3S2/c1-2-32(38(46)43-30-15-6-8-17-33(30)48-34-18-9-7-16-31(34)43)47-27-21-19-26(20-22-27)41-37(45)29(23-25-13-10-14-28(39)35(25)40)42-36(44)24-11-4-3-5-12-24/h3-23,32H,2H2,1H3,(H,41,45)(H,42,44)/b29-23-. The third-order valence-electron chi connectivity index (χ3n) is 7.50. The molecule has 5 aromatic rings. The average Bonchev–Trinajstić information content (AvgIpc) is 3.11. The van der Waals surface area contributed by atoms with Crippen LogP contribution in [0.15, 0.2) is 142 Å². The van der Waals surface area contributed by atoms with Gasteiger partial charge in [-0.25, -0.2) is 0 Å². The van der Waals surface area contributed by atoms with E-state index in [4.69, 9.17) is 23.2 Å². The molecule has 1 aliphatic heterocycles. The molecule has 240 valence electrons. The molecule has 1 unspecified atom stereocenters. The Kier molecular flexibility index (Phi) is 10.6. The number of carbonyl (C=O) groups is 3. The Bertz CT molecular complexity index is 1970. The molecule has 2 N–H and O–H groups in total. The molecular weight excluding hydrogens is 681 g/mol. The van der Waals surface area contributed by atoms with Crippen molar-refractivity contribution in [3.63, 3.8) is 0 Å². The number of anilines is 3. The van der Waals surface area contributed by atoms with E-state index in [-0.39, 0.29) is 21.9 Å². The fourth-order valence-corrected chi connectivity index (χ4v) is 7.52. The van der Waals surface area contributed by atoms with E-state index in [1.54, 1.807) is 72.4 Å². The molecule has 0 saturated carbocycles. The van der Waals surface area contributed by atoms with Crippen LogP contribution in [0.25, 0.3) is 6.08 Å². The van der Waals surface area contributed by atoms with Gasteiger partial charge in [0.2, 0.25) is 5.91 Å². The van der Waals surface area contributed by atoms with Crippen LogP contribution in [-0.4, -0.2) is 23.0 Å². The predicted octanol–water partition coefficient (Wildman–Crippen LogP) is 10.1. The second-order valence-corrected chi connectivity index (χ2v) is 13.9. The third kappa shape index (κ3) is 7.48. The number of rotatable bonds is 9. The Morgan fingerprint density at radius 2 is 1.42 bits per heavy atom. The lowest BCUT2D eigenvalue weighted by atomic mass is 10.1. The second kappa shape index (κ2) is 15.2. The smallest absolute Gasteiger partial charge is 0.272 e. The van der Waals surface area contributed by atoms with Gasteiger partial charge in [0.25, 0.3) is 11.8 Å². The van der Waals surface area contributed by atoms with E-state index in [9.17, 15) is 14.4 Å². The topological polar surface area (TPSA) is 78.5 Å². The van der Waals surface area contributed by atoms with E-state index < -0.39 is 11.8 Å². The van der Waals surface area contributed by atoms with Crippen molar-refractivity contribution < 1.29 is 14.4 Å². The monoisotopic (exact) mass is 709 g/mol. The summed E-state index contributed by atoms with van der Waals surface area (Å²) in [6.45, 7) is 2.00. The molecule has 0 fully saturated rings. The molecule has 0 radical (unpaired) electrons. The van der Waals surface area contributed by atoms with E-state index in [1.807, 2.05) is 72.5 Å². The summed E-state index contributed by atoms with van der Waals surface area (Å²) >= 11 is 15.7. The summed E-state index contributed by atoms with van der Waals surface area (Å²) in [5, 5.41) is 5.81. The van der Waals surface area contributed by atoms with Crippen LogP contribution in [0.3, 0.4) is 0 Å². The number of para-hydroxylation sites is 2. The lowest BCUT2D eigenvalue weighted by Crippen LogP contribution is -2.35. The number of halogens is 2. The van der Waals surface area contributed by atoms with Gasteiger partial charge in [0.15, 0.2) is 0 Å². The highest BCUT2D eigenvalue weighted by Gasteiger charge is 2.32. The van der Waals surface area contributed by atoms with Crippen molar-refractivity contribution in [3.05, 3.63) is 148 Å². The summed E-state index contributed by atoms with van der Waals surface area (Å²) in [5.41, 5.74) is 3.13. The van der Waals surface area contributed by atoms with Gasteiger partial charge in [-0.3, -0.25) is 19.3 Å². The SMILES string of the molecule is CCC(Sc1ccc(NC(=O)/C(=C/c2cccc(Cl)c2Cl)NC(=O)c2ccccc2)cc1)C(=O)N1c2ccccc2Sc2ccccc21. The lowest BCUT2D eigenvalue weighted by Gasteiger charge is -2.33. The Morgan fingerprint density at radius 3 is 2.06 bits per heavy atom. The van der Waals surface area contributed by atoms with Crippen LogP contribution in [0.4, 0.5) is 17.1 Å². The van der Waals surface area contributed by atoms with Crippen LogP contribution in [-0.2, 0) is 9.59 Å². The van der Waals surface area contributed by atoms with E-state index in [1.165, 1.54) is 17.8 Å². The summed E-state index contributed by atoms with van der Waals surface area (Å²) in [7, 11) is 0. The Hall–Kier alpha value is -4.47. The molecule has 1 aliphatic rings. The molecule has 10 heteroatoms. The molecule has 6 nitrogen and oxygen atoms in total. The van der Waals surface area contributed by atoms with Gasteiger partial charge in [-0.2, -0.15) is 0 Å². The largest absolute Gasteiger partial charge is 0.321 e. The van der Waals surface area contributed by atoms with E-state index in [0.717, 1.165) is 26.1 Å². The van der Waals surface area contributed by atoms with Crippen molar-refractivity contribution in [3.8, 4) is 0 Å². The Balaban J connectivity index is 1.19. The van der Waals surface area contributed by atoms with Crippen molar-refractivity contribution in [2.75, 3.05) is 10.2 Å². The molecule has 6 rings (SSSR count). The molecule has 0 aromatic heterocycles. The maximum absolute atomic E-state index is 14.1. The van der Waals surface area contributed by atoms with E-state index >= 15 is 0 Å². The highest BCUT2D eigenvalue weighted by Crippen LogP contribution is 2.49. The van der Waals surface area contributed by atoms with Crippen LogP contribution in [0.5, 0.6) is 0 Å². The highest BCUT2D eigenvalue weighted by atomic mass is 35.5. The number of hydrogen-bond donors (Lipinski definition) is 2. The number of benzene rings is 5. The first-order chi connectivity index (χ1) is 23.3. The van der Waals surface area contributed by atoms with Crippen molar-refractivity contribution in [1.29, 1.82) is 0 Å². The van der Waals surface area contributed by atoms with Gasteiger partial charge in [-0.1, -0.05) is 96.5 Å². The van der Waals surface area contributed by atoms with Gasteiger partial charge in [0.05, 0.1) is 26.7 Å². The first-order valence-corrected chi connectivity index (χ1v) is 17.6. The number of thioether (sulfide) groups is 1. The van der Waals surface area contributed by atoms with Crippen LogP contribution in [0, 0.1) is 0 Å². The molecule has 0 aliphatic carbocycles. The van der Waals surface area contributed by atoms with Gasteiger partial charge in [-0.15, -0.1) is 11.8 Å². The Morgan fingerprint density at radius 1 is 0.792 bits per heavy atom. The van der Waals surface area contributed by atoms with E-state index in [0.29, 0.717) is 28.3 Å². The van der Waals surface area contributed by atoms with Crippen molar-refractivity contribution >= 4 is 87.6 Å². The van der Waals surface area contributed by atoms with Crippen LogP contribution in [0.1, 0.15) is 29.3 Å². The van der Waals surface area contributed by atoms with Crippen molar-refractivity contribution in [1.82, 2.24) is 5.32 Å². The second-order valence-electron chi connectivity index (χ2n) is 10.7. The predicted molar refractivity (Wildman–Crippen MR) is 198 cm³/mol. The van der Waals surface area contributed by atoms with Gasteiger partial charge in [0.1, 0.15) is 5.70 Å². The minimum atomic E-state index is -0.544. The summed E-state index contributed by atoms with van der Waals surface area (Å²) in [5.74, 6) is -0.990. The zero-order chi connectivity index (χ0) is 33.6. The Labute approximate surface area is 297 Å². The minimum Gasteiger partial charge on any atom is -0.321 e. The van der Waals surface area contributed by atoms with Crippen LogP contribution < -0.4 is 15.5 Å². The maximum atomic E-state index is 14.1. The minimum absolute atomic E-state index is 0.00342. The van der Waals surface area contributed by atoms with Gasteiger partial charge in [0, 0.05) is 25.9 Å². The van der Waals surface area contributed by atoms with Gasteiger partial charge >= 0.3 is 0 Å². The third-order valence-corrected chi connectivity index (χ3v) is 10.8. The highest BCUT2D eigenvalue weighted by molar-refractivity contribution is 8.00. The molecule has 0 bridgehead atoms. The van der Waals surface area contributed by atoms with Crippen LogP contribution >= 0.6 is 46.7 Å². The number of carbonyl (C=O) groups excluding carboxylic acids is 3.